The Morgan fingerprint density at radius 2 is 1.83 bits per heavy atom. The molecule has 7 heteroatoms. The van der Waals surface area contributed by atoms with Crippen molar-refractivity contribution >= 4 is 39.1 Å². The van der Waals surface area contributed by atoms with Crippen LogP contribution < -0.4 is 10.8 Å². The lowest BCUT2D eigenvalue weighted by Gasteiger charge is -2.05. The number of anilines is 1. The van der Waals surface area contributed by atoms with E-state index < -0.39 is 11.8 Å². The van der Waals surface area contributed by atoms with E-state index in [0.717, 1.165) is 20.8 Å². The fourth-order valence-corrected chi connectivity index (χ4v) is 3.25. The number of carbonyl (C=O) groups is 2. The minimum Gasteiger partial charge on any atom is -0.318 e. The van der Waals surface area contributed by atoms with Crippen LogP contribution in [0.1, 0.15) is 5.56 Å². The molecule has 0 saturated heterocycles. The molecular weight excluding hydrogens is 326 g/mol. The molecule has 2 aromatic carbocycles. The van der Waals surface area contributed by atoms with Gasteiger partial charge in [0.2, 0.25) is 0 Å². The lowest BCUT2D eigenvalue weighted by atomic mass is 10.2. The van der Waals surface area contributed by atoms with Crippen LogP contribution in [0.15, 0.2) is 42.5 Å². The first-order valence-corrected chi connectivity index (χ1v) is 8.00. The zero-order valence-corrected chi connectivity index (χ0v) is 13.9. The SMILES string of the molecule is CONC(=O)C(=O)Nc1ccc(-c2nc3ccc(C)cc3s2)cc1. The van der Waals surface area contributed by atoms with E-state index in [9.17, 15) is 9.59 Å². The Hall–Kier alpha value is -2.77. The normalized spacial score (nSPS) is 10.6. The average molecular weight is 341 g/mol. The predicted molar refractivity (Wildman–Crippen MR) is 93.6 cm³/mol. The molecular formula is C17H15N3O3S. The third-order valence-corrected chi connectivity index (χ3v) is 4.40. The van der Waals surface area contributed by atoms with Gasteiger partial charge in [-0.2, -0.15) is 0 Å². The van der Waals surface area contributed by atoms with E-state index in [4.69, 9.17) is 0 Å². The van der Waals surface area contributed by atoms with Crippen LogP contribution in [0.4, 0.5) is 5.69 Å². The maximum Gasteiger partial charge on any atom is 0.333 e. The van der Waals surface area contributed by atoms with Gasteiger partial charge in [-0.05, 0) is 48.9 Å². The van der Waals surface area contributed by atoms with Gasteiger partial charge in [-0.25, -0.2) is 10.5 Å². The standard InChI is InChI=1S/C17H15N3O3S/c1-10-3-8-13-14(9-10)24-17(19-13)11-4-6-12(7-5-11)18-15(21)16(22)20-23-2/h3-9H,1-2H3,(H,18,21)(H,20,22). The predicted octanol–water partition coefficient (Wildman–Crippen LogP) is 2.89. The average Bonchev–Trinajstić information content (AvgIpc) is 2.98. The summed E-state index contributed by atoms with van der Waals surface area (Å²) in [7, 11) is 1.26. The molecule has 2 amide bonds. The Labute approximate surface area is 142 Å². The van der Waals surface area contributed by atoms with Crippen molar-refractivity contribution in [3.63, 3.8) is 0 Å². The van der Waals surface area contributed by atoms with Gasteiger partial charge < -0.3 is 5.32 Å². The molecule has 122 valence electrons. The van der Waals surface area contributed by atoms with Crippen molar-refractivity contribution in [3.8, 4) is 10.6 Å². The molecule has 0 fully saturated rings. The largest absolute Gasteiger partial charge is 0.333 e. The Morgan fingerprint density at radius 3 is 2.54 bits per heavy atom. The van der Waals surface area contributed by atoms with Crippen molar-refractivity contribution < 1.29 is 14.4 Å². The number of hydrogen-bond donors (Lipinski definition) is 2. The molecule has 0 atom stereocenters. The van der Waals surface area contributed by atoms with Crippen molar-refractivity contribution in [2.24, 2.45) is 0 Å². The number of nitrogens with zero attached hydrogens (tertiary/aromatic N) is 1. The fraction of sp³-hybridized carbons (Fsp3) is 0.118. The van der Waals surface area contributed by atoms with Gasteiger partial charge in [0.15, 0.2) is 0 Å². The molecule has 0 saturated carbocycles. The van der Waals surface area contributed by atoms with Gasteiger partial charge in [-0.1, -0.05) is 6.07 Å². The van der Waals surface area contributed by atoms with E-state index in [1.165, 1.54) is 12.7 Å². The van der Waals surface area contributed by atoms with Crippen LogP contribution in [0.2, 0.25) is 0 Å². The van der Waals surface area contributed by atoms with Crippen molar-refractivity contribution in [1.82, 2.24) is 10.5 Å². The zero-order chi connectivity index (χ0) is 17.1. The first-order chi connectivity index (χ1) is 11.6. The highest BCUT2D eigenvalue weighted by atomic mass is 32.1. The summed E-state index contributed by atoms with van der Waals surface area (Å²) in [5.41, 5.74) is 5.60. The zero-order valence-electron chi connectivity index (χ0n) is 13.1. The number of aromatic nitrogens is 1. The highest BCUT2D eigenvalue weighted by Gasteiger charge is 2.13. The van der Waals surface area contributed by atoms with Crippen LogP contribution in [0.3, 0.4) is 0 Å². The van der Waals surface area contributed by atoms with Gasteiger partial charge in [0.25, 0.3) is 0 Å². The minimum atomic E-state index is -0.858. The van der Waals surface area contributed by atoms with E-state index in [1.54, 1.807) is 23.5 Å². The van der Waals surface area contributed by atoms with Crippen LogP contribution >= 0.6 is 11.3 Å². The number of benzene rings is 2. The van der Waals surface area contributed by atoms with Crippen molar-refractivity contribution in [3.05, 3.63) is 48.0 Å². The third kappa shape index (κ3) is 3.42. The summed E-state index contributed by atoms with van der Waals surface area (Å²) in [5, 5.41) is 3.40. The molecule has 1 aromatic heterocycles. The maximum absolute atomic E-state index is 11.6. The topological polar surface area (TPSA) is 80.3 Å². The number of carbonyl (C=O) groups excluding carboxylic acids is 2. The summed E-state index contributed by atoms with van der Waals surface area (Å²) < 4.78 is 1.14. The molecule has 3 aromatic rings. The Bertz CT molecular complexity index is 903. The summed E-state index contributed by atoms with van der Waals surface area (Å²) in [4.78, 5) is 31.9. The van der Waals surface area contributed by atoms with E-state index in [0.29, 0.717) is 5.69 Å². The van der Waals surface area contributed by atoms with Gasteiger partial charge >= 0.3 is 11.8 Å². The lowest BCUT2D eigenvalue weighted by molar-refractivity contribution is -0.142. The van der Waals surface area contributed by atoms with Crippen LogP contribution in [-0.2, 0) is 14.4 Å². The van der Waals surface area contributed by atoms with Gasteiger partial charge in [0, 0.05) is 11.3 Å². The van der Waals surface area contributed by atoms with Crippen molar-refractivity contribution in [1.29, 1.82) is 0 Å². The summed E-state index contributed by atoms with van der Waals surface area (Å²) in [6.45, 7) is 2.05. The second kappa shape index (κ2) is 6.77. The van der Waals surface area contributed by atoms with Gasteiger partial charge in [0.05, 0.1) is 17.3 Å². The number of hydroxylamine groups is 1. The van der Waals surface area contributed by atoms with Gasteiger partial charge in [-0.3, -0.25) is 14.4 Å². The number of nitrogens with one attached hydrogen (secondary N) is 2. The molecule has 0 radical (unpaired) electrons. The number of rotatable bonds is 3. The summed E-state index contributed by atoms with van der Waals surface area (Å²) in [5.74, 6) is -1.65. The minimum absolute atomic E-state index is 0.520. The number of hydrogen-bond acceptors (Lipinski definition) is 5. The second-order valence-electron chi connectivity index (χ2n) is 5.16. The smallest absolute Gasteiger partial charge is 0.318 e. The number of amides is 2. The molecule has 3 rings (SSSR count). The van der Waals surface area contributed by atoms with Crippen LogP contribution in [0.25, 0.3) is 20.8 Å². The molecule has 6 nitrogen and oxygen atoms in total. The van der Waals surface area contributed by atoms with Crippen LogP contribution in [0.5, 0.6) is 0 Å². The lowest BCUT2D eigenvalue weighted by Crippen LogP contribution is -2.34. The number of fused-ring (bicyclic) bond motifs is 1. The summed E-state index contributed by atoms with van der Waals surface area (Å²) in [6.07, 6.45) is 0. The van der Waals surface area contributed by atoms with Gasteiger partial charge in [0.1, 0.15) is 5.01 Å². The van der Waals surface area contributed by atoms with E-state index >= 15 is 0 Å². The highest BCUT2D eigenvalue weighted by Crippen LogP contribution is 2.31. The van der Waals surface area contributed by atoms with Gasteiger partial charge in [-0.15, -0.1) is 11.3 Å². The monoisotopic (exact) mass is 341 g/mol. The number of thiazole rings is 1. The van der Waals surface area contributed by atoms with E-state index in [1.807, 2.05) is 29.7 Å². The fourth-order valence-electron chi connectivity index (χ4n) is 2.18. The van der Waals surface area contributed by atoms with Crippen LogP contribution in [0, 0.1) is 6.92 Å². The van der Waals surface area contributed by atoms with Crippen LogP contribution in [-0.4, -0.2) is 23.9 Å². The Balaban J connectivity index is 1.78. The first kappa shape index (κ1) is 16.1. The quantitative estimate of drug-likeness (QED) is 0.567. The Morgan fingerprint density at radius 1 is 1.08 bits per heavy atom. The molecule has 2 N–H and O–H groups in total. The third-order valence-electron chi connectivity index (χ3n) is 3.33. The summed E-state index contributed by atoms with van der Waals surface area (Å²) in [6, 6.07) is 13.3. The second-order valence-corrected chi connectivity index (χ2v) is 6.19. The van der Waals surface area contributed by atoms with E-state index in [2.05, 4.69) is 28.1 Å². The molecule has 1 heterocycles. The maximum atomic E-state index is 11.6. The number of aryl methyl sites for hydroxylation is 1. The van der Waals surface area contributed by atoms with Crippen molar-refractivity contribution in [2.45, 2.75) is 6.92 Å². The molecule has 0 bridgehead atoms. The molecule has 0 aliphatic rings. The summed E-state index contributed by atoms with van der Waals surface area (Å²) >= 11 is 1.62. The highest BCUT2D eigenvalue weighted by molar-refractivity contribution is 7.21. The molecule has 0 spiro atoms. The molecule has 24 heavy (non-hydrogen) atoms. The van der Waals surface area contributed by atoms with E-state index in [-0.39, 0.29) is 0 Å². The first-order valence-electron chi connectivity index (χ1n) is 7.19. The molecule has 0 unspecified atom stereocenters. The molecule has 0 aliphatic carbocycles. The van der Waals surface area contributed by atoms with Crippen molar-refractivity contribution in [2.75, 3.05) is 12.4 Å². The Kier molecular flexibility index (Phi) is 4.54. The molecule has 0 aliphatic heterocycles.